The second-order valence-electron chi connectivity index (χ2n) is 5.18. The molecule has 1 aromatic rings. The number of carbonyl (C=O) groups is 1. The van der Waals surface area contributed by atoms with E-state index in [4.69, 9.17) is 9.47 Å². The zero-order chi connectivity index (χ0) is 14.8. The highest BCUT2D eigenvalue weighted by atomic mass is 16.5. The third-order valence-corrected chi connectivity index (χ3v) is 3.45. The fourth-order valence-electron chi connectivity index (χ4n) is 2.07. The molecular formula is C14H21N3O3. The molecule has 0 bridgehead atoms. The van der Waals surface area contributed by atoms with Crippen LogP contribution in [0.5, 0.6) is 0 Å². The monoisotopic (exact) mass is 279 g/mol. The second kappa shape index (κ2) is 5.85. The standard InChI is InChI=1S/C14H21N3O3/c1-5-20-12(18)11-9-8-15-7-6-10(9)16-13(17-11)14(2,3)19-4/h15H,5-8H2,1-4H3. The van der Waals surface area contributed by atoms with Crippen molar-refractivity contribution in [1.29, 1.82) is 0 Å². The summed E-state index contributed by atoms with van der Waals surface area (Å²) in [6, 6.07) is 0. The predicted octanol–water partition coefficient (Wildman–Crippen LogP) is 1.18. The van der Waals surface area contributed by atoms with Gasteiger partial charge in [-0.3, -0.25) is 0 Å². The van der Waals surface area contributed by atoms with Crippen LogP contribution in [0.25, 0.3) is 0 Å². The van der Waals surface area contributed by atoms with Gasteiger partial charge in [-0.25, -0.2) is 14.8 Å². The summed E-state index contributed by atoms with van der Waals surface area (Å²) in [7, 11) is 1.61. The minimum Gasteiger partial charge on any atom is -0.461 e. The van der Waals surface area contributed by atoms with Crippen molar-refractivity contribution in [2.24, 2.45) is 0 Å². The molecule has 1 N–H and O–H groups in total. The molecule has 110 valence electrons. The Hall–Kier alpha value is -1.53. The molecule has 6 nitrogen and oxygen atoms in total. The zero-order valence-electron chi connectivity index (χ0n) is 12.4. The average Bonchev–Trinajstić information content (AvgIpc) is 2.46. The number of carbonyl (C=O) groups excluding carboxylic acids is 1. The van der Waals surface area contributed by atoms with Crippen LogP contribution in [-0.2, 0) is 28.0 Å². The summed E-state index contributed by atoms with van der Waals surface area (Å²) < 4.78 is 10.5. The van der Waals surface area contributed by atoms with Gasteiger partial charge in [0.15, 0.2) is 11.5 Å². The number of ether oxygens (including phenoxy) is 2. The molecule has 0 fully saturated rings. The molecule has 0 atom stereocenters. The van der Waals surface area contributed by atoms with E-state index in [1.165, 1.54) is 0 Å². The lowest BCUT2D eigenvalue weighted by Crippen LogP contribution is -2.32. The molecule has 6 heteroatoms. The van der Waals surface area contributed by atoms with Crippen molar-refractivity contribution in [3.05, 3.63) is 22.8 Å². The first-order chi connectivity index (χ1) is 9.49. The third-order valence-electron chi connectivity index (χ3n) is 3.45. The number of nitrogens with one attached hydrogen (secondary N) is 1. The molecule has 0 spiro atoms. The minimum atomic E-state index is -0.638. The van der Waals surface area contributed by atoms with Gasteiger partial charge < -0.3 is 14.8 Å². The van der Waals surface area contributed by atoms with Crippen LogP contribution < -0.4 is 5.32 Å². The van der Waals surface area contributed by atoms with Gasteiger partial charge in [0.2, 0.25) is 0 Å². The molecule has 1 aliphatic heterocycles. The maximum absolute atomic E-state index is 12.1. The summed E-state index contributed by atoms with van der Waals surface area (Å²) in [4.78, 5) is 21.1. The van der Waals surface area contributed by atoms with Crippen molar-refractivity contribution < 1.29 is 14.3 Å². The Bertz CT molecular complexity index is 515. The maximum atomic E-state index is 12.1. The highest BCUT2D eigenvalue weighted by molar-refractivity contribution is 5.89. The highest BCUT2D eigenvalue weighted by Gasteiger charge is 2.29. The van der Waals surface area contributed by atoms with Crippen LogP contribution in [-0.4, -0.2) is 36.2 Å². The Morgan fingerprint density at radius 1 is 1.40 bits per heavy atom. The number of esters is 1. The van der Waals surface area contributed by atoms with Crippen molar-refractivity contribution in [2.45, 2.75) is 39.3 Å². The van der Waals surface area contributed by atoms with E-state index in [9.17, 15) is 4.79 Å². The largest absolute Gasteiger partial charge is 0.461 e. The summed E-state index contributed by atoms with van der Waals surface area (Å²) in [5.74, 6) is 0.117. The third kappa shape index (κ3) is 2.81. The van der Waals surface area contributed by atoms with Crippen molar-refractivity contribution in [1.82, 2.24) is 15.3 Å². The zero-order valence-corrected chi connectivity index (χ0v) is 12.4. The number of fused-ring (bicyclic) bond motifs is 1. The normalized spacial score (nSPS) is 14.8. The Labute approximate surface area is 118 Å². The van der Waals surface area contributed by atoms with E-state index in [1.54, 1.807) is 14.0 Å². The lowest BCUT2D eigenvalue weighted by atomic mass is 10.0. The molecule has 0 amide bonds. The number of nitrogens with zero attached hydrogens (tertiary/aromatic N) is 2. The Balaban J connectivity index is 2.52. The van der Waals surface area contributed by atoms with Crippen LogP contribution >= 0.6 is 0 Å². The van der Waals surface area contributed by atoms with E-state index < -0.39 is 11.6 Å². The Morgan fingerprint density at radius 2 is 2.15 bits per heavy atom. The van der Waals surface area contributed by atoms with E-state index in [0.29, 0.717) is 24.7 Å². The van der Waals surface area contributed by atoms with Crippen molar-refractivity contribution in [3.63, 3.8) is 0 Å². The first kappa shape index (κ1) is 14.9. The number of hydrogen-bond acceptors (Lipinski definition) is 6. The fraction of sp³-hybridized carbons (Fsp3) is 0.643. The number of aromatic nitrogens is 2. The lowest BCUT2D eigenvalue weighted by Gasteiger charge is -2.25. The van der Waals surface area contributed by atoms with Gasteiger partial charge in [-0.05, 0) is 20.8 Å². The van der Waals surface area contributed by atoms with Gasteiger partial charge in [-0.1, -0.05) is 0 Å². The average molecular weight is 279 g/mol. The summed E-state index contributed by atoms with van der Waals surface area (Å²) in [5, 5.41) is 3.23. The summed E-state index contributed by atoms with van der Waals surface area (Å²) >= 11 is 0. The molecule has 0 saturated heterocycles. The van der Waals surface area contributed by atoms with Crippen LogP contribution in [0, 0.1) is 0 Å². The lowest BCUT2D eigenvalue weighted by molar-refractivity contribution is 0.0108. The Morgan fingerprint density at radius 3 is 2.80 bits per heavy atom. The molecule has 1 aromatic heterocycles. The predicted molar refractivity (Wildman–Crippen MR) is 73.4 cm³/mol. The SMILES string of the molecule is CCOC(=O)c1nc(C(C)(C)OC)nc2c1CNCC2. The minimum absolute atomic E-state index is 0.327. The van der Waals surface area contributed by atoms with Gasteiger partial charge in [0, 0.05) is 32.2 Å². The van der Waals surface area contributed by atoms with Gasteiger partial charge in [-0.15, -0.1) is 0 Å². The van der Waals surface area contributed by atoms with Crippen LogP contribution in [0.3, 0.4) is 0 Å². The van der Waals surface area contributed by atoms with Crippen LogP contribution in [0.1, 0.15) is 48.3 Å². The van der Waals surface area contributed by atoms with Crippen molar-refractivity contribution in [2.75, 3.05) is 20.3 Å². The van der Waals surface area contributed by atoms with Crippen LogP contribution in [0.2, 0.25) is 0 Å². The molecule has 1 aliphatic rings. The quantitative estimate of drug-likeness (QED) is 0.834. The molecule has 20 heavy (non-hydrogen) atoms. The fourth-order valence-corrected chi connectivity index (χ4v) is 2.07. The van der Waals surface area contributed by atoms with Gasteiger partial charge >= 0.3 is 5.97 Å². The number of rotatable bonds is 4. The second-order valence-corrected chi connectivity index (χ2v) is 5.18. The van der Waals surface area contributed by atoms with E-state index in [1.807, 2.05) is 13.8 Å². The molecule has 2 rings (SSSR count). The van der Waals surface area contributed by atoms with E-state index >= 15 is 0 Å². The molecular weight excluding hydrogens is 258 g/mol. The summed E-state index contributed by atoms with van der Waals surface area (Å²) in [6.07, 6.45) is 0.775. The van der Waals surface area contributed by atoms with E-state index in [-0.39, 0.29) is 0 Å². The molecule has 2 heterocycles. The van der Waals surface area contributed by atoms with Crippen LogP contribution in [0.15, 0.2) is 0 Å². The van der Waals surface area contributed by atoms with Gasteiger partial charge in [0.1, 0.15) is 5.60 Å². The molecule has 0 aromatic carbocycles. The van der Waals surface area contributed by atoms with Gasteiger partial charge in [0.25, 0.3) is 0 Å². The molecule has 0 saturated carbocycles. The Kier molecular flexibility index (Phi) is 4.35. The first-order valence-electron chi connectivity index (χ1n) is 6.83. The molecule has 0 radical (unpaired) electrons. The van der Waals surface area contributed by atoms with Gasteiger partial charge in [-0.2, -0.15) is 0 Å². The molecule has 0 aliphatic carbocycles. The maximum Gasteiger partial charge on any atom is 0.357 e. The molecule has 0 unspecified atom stereocenters. The van der Waals surface area contributed by atoms with Crippen molar-refractivity contribution in [3.8, 4) is 0 Å². The summed E-state index contributed by atoms with van der Waals surface area (Å²) in [6.45, 7) is 7.31. The summed E-state index contributed by atoms with van der Waals surface area (Å²) in [5.41, 5.74) is 1.46. The topological polar surface area (TPSA) is 73.3 Å². The smallest absolute Gasteiger partial charge is 0.357 e. The number of methoxy groups -OCH3 is 1. The number of hydrogen-bond donors (Lipinski definition) is 1. The first-order valence-corrected chi connectivity index (χ1v) is 6.83. The van der Waals surface area contributed by atoms with Crippen molar-refractivity contribution >= 4 is 5.97 Å². The van der Waals surface area contributed by atoms with Gasteiger partial charge in [0.05, 0.1) is 12.3 Å². The van der Waals surface area contributed by atoms with E-state index in [2.05, 4.69) is 15.3 Å². The van der Waals surface area contributed by atoms with E-state index in [0.717, 1.165) is 24.2 Å². The van der Waals surface area contributed by atoms with Crippen LogP contribution in [0.4, 0.5) is 0 Å². The highest BCUT2D eigenvalue weighted by Crippen LogP contribution is 2.24.